The standard InChI is InChI=1S/C16H25N3O2S/c1-12-17-14(10-22-12)15(20)19-6-4-16(5-7-19)8-13(9-21-3)18(2)11-16/h10,13H,4-9,11H2,1-3H3/t13-/m1/s1. The van der Waals surface area contributed by atoms with Gasteiger partial charge in [-0.3, -0.25) is 4.79 Å². The van der Waals surface area contributed by atoms with Crippen LogP contribution in [0.1, 0.15) is 34.8 Å². The van der Waals surface area contributed by atoms with E-state index in [0.717, 1.165) is 44.1 Å². The summed E-state index contributed by atoms with van der Waals surface area (Å²) in [6.45, 7) is 5.57. The molecule has 2 aliphatic heterocycles. The van der Waals surface area contributed by atoms with E-state index < -0.39 is 0 Å². The van der Waals surface area contributed by atoms with Crippen LogP contribution in [0.3, 0.4) is 0 Å². The summed E-state index contributed by atoms with van der Waals surface area (Å²) in [5.74, 6) is 0.0963. The number of aromatic nitrogens is 1. The van der Waals surface area contributed by atoms with Crippen molar-refractivity contribution >= 4 is 17.2 Å². The number of ether oxygens (including phenoxy) is 1. The monoisotopic (exact) mass is 323 g/mol. The maximum atomic E-state index is 12.5. The normalized spacial score (nSPS) is 25.0. The Balaban J connectivity index is 1.60. The fourth-order valence-corrected chi connectivity index (χ4v) is 4.51. The van der Waals surface area contributed by atoms with Gasteiger partial charge in [-0.1, -0.05) is 0 Å². The van der Waals surface area contributed by atoms with E-state index >= 15 is 0 Å². The van der Waals surface area contributed by atoms with Crippen LogP contribution in [0.25, 0.3) is 0 Å². The van der Waals surface area contributed by atoms with Crippen LogP contribution in [-0.4, -0.2) is 67.1 Å². The van der Waals surface area contributed by atoms with Crippen LogP contribution in [0, 0.1) is 12.3 Å². The molecule has 0 aliphatic carbocycles. The van der Waals surface area contributed by atoms with Gasteiger partial charge >= 0.3 is 0 Å². The summed E-state index contributed by atoms with van der Waals surface area (Å²) >= 11 is 1.54. The zero-order valence-electron chi connectivity index (χ0n) is 13.7. The highest BCUT2D eigenvalue weighted by Gasteiger charge is 2.44. The molecule has 0 aromatic carbocycles. The second-order valence-corrected chi connectivity index (χ2v) is 7.83. The molecule has 2 saturated heterocycles. The largest absolute Gasteiger partial charge is 0.383 e. The number of piperidine rings is 1. The second kappa shape index (κ2) is 6.26. The van der Waals surface area contributed by atoms with Gasteiger partial charge in [0, 0.05) is 38.2 Å². The fourth-order valence-electron chi connectivity index (χ4n) is 3.93. The molecule has 1 spiro atoms. The summed E-state index contributed by atoms with van der Waals surface area (Å²) < 4.78 is 5.34. The molecule has 3 heterocycles. The molecule has 5 nitrogen and oxygen atoms in total. The first-order valence-electron chi connectivity index (χ1n) is 7.94. The van der Waals surface area contributed by atoms with E-state index in [1.54, 1.807) is 18.4 Å². The number of aryl methyl sites for hydroxylation is 1. The third-order valence-corrected chi connectivity index (χ3v) is 5.96. The predicted octanol–water partition coefficient (Wildman–Crippen LogP) is 2.02. The lowest BCUT2D eigenvalue weighted by molar-refractivity contribution is 0.0587. The van der Waals surface area contributed by atoms with E-state index in [0.29, 0.717) is 17.2 Å². The number of amides is 1. The number of carbonyl (C=O) groups excluding carboxylic acids is 1. The van der Waals surface area contributed by atoms with Crippen LogP contribution in [0.2, 0.25) is 0 Å². The Morgan fingerprint density at radius 3 is 2.82 bits per heavy atom. The second-order valence-electron chi connectivity index (χ2n) is 6.77. The van der Waals surface area contributed by atoms with Crippen molar-refractivity contribution in [3.63, 3.8) is 0 Å². The molecule has 0 N–H and O–H groups in total. The van der Waals surface area contributed by atoms with Gasteiger partial charge in [-0.25, -0.2) is 4.98 Å². The summed E-state index contributed by atoms with van der Waals surface area (Å²) in [5, 5.41) is 2.83. The maximum Gasteiger partial charge on any atom is 0.273 e. The summed E-state index contributed by atoms with van der Waals surface area (Å²) in [4.78, 5) is 21.2. The molecule has 2 fully saturated rings. The zero-order chi connectivity index (χ0) is 15.7. The van der Waals surface area contributed by atoms with E-state index in [2.05, 4.69) is 16.9 Å². The van der Waals surface area contributed by atoms with Crippen molar-refractivity contribution in [3.05, 3.63) is 16.1 Å². The van der Waals surface area contributed by atoms with Gasteiger partial charge in [0.1, 0.15) is 5.69 Å². The van der Waals surface area contributed by atoms with Crippen molar-refractivity contribution in [2.24, 2.45) is 5.41 Å². The summed E-state index contributed by atoms with van der Waals surface area (Å²) in [5.41, 5.74) is 0.978. The molecular weight excluding hydrogens is 298 g/mol. The smallest absolute Gasteiger partial charge is 0.273 e. The minimum absolute atomic E-state index is 0.0963. The molecular formula is C16H25N3O2S. The SMILES string of the molecule is COC[C@H]1CC2(CCN(C(=O)c3csc(C)n3)CC2)CN1C. The zero-order valence-corrected chi connectivity index (χ0v) is 14.5. The molecule has 3 rings (SSSR count). The number of carbonyl (C=O) groups is 1. The molecule has 122 valence electrons. The average Bonchev–Trinajstić information content (AvgIpc) is 3.05. The highest BCUT2D eigenvalue weighted by Crippen LogP contribution is 2.42. The highest BCUT2D eigenvalue weighted by molar-refractivity contribution is 7.09. The van der Waals surface area contributed by atoms with Crippen molar-refractivity contribution in [2.75, 3.05) is 40.4 Å². The van der Waals surface area contributed by atoms with Crippen molar-refractivity contribution in [1.29, 1.82) is 0 Å². The Hall–Kier alpha value is -0.980. The molecule has 22 heavy (non-hydrogen) atoms. The van der Waals surface area contributed by atoms with Gasteiger partial charge in [-0.2, -0.15) is 0 Å². The summed E-state index contributed by atoms with van der Waals surface area (Å²) in [6, 6.07) is 0.522. The number of likely N-dealkylation sites (N-methyl/N-ethyl adjacent to an activating group) is 1. The average molecular weight is 323 g/mol. The number of nitrogens with zero attached hydrogens (tertiary/aromatic N) is 3. The molecule has 1 aromatic heterocycles. The summed E-state index contributed by atoms with van der Waals surface area (Å²) in [6.07, 6.45) is 3.37. The van der Waals surface area contributed by atoms with Crippen molar-refractivity contribution < 1.29 is 9.53 Å². The van der Waals surface area contributed by atoms with E-state index in [1.807, 2.05) is 17.2 Å². The van der Waals surface area contributed by atoms with Crippen molar-refractivity contribution in [1.82, 2.24) is 14.8 Å². The van der Waals surface area contributed by atoms with Crippen LogP contribution in [-0.2, 0) is 4.74 Å². The van der Waals surface area contributed by atoms with Crippen LogP contribution in [0.4, 0.5) is 0 Å². The third-order valence-electron chi connectivity index (χ3n) is 5.19. The topological polar surface area (TPSA) is 45.7 Å². The molecule has 0 saturated carbocycles. The first-order chi connectivity index (χ1) is 10.5. The molecule has 2 aliphatic rings. The van der Waals surface area contributed by atoms with Gasteiger partial charge in [0.25, 0.3) is 5.91 Å². The van der Waals surface area contributed by atoms with E-state index in [-0.39, 0.29) is 5.91 Å². The lowest BCUT2D eigenvalue weighted by Gasteiger charge is -2.39. The molecule has 0 bridgehead atoms. The number of thiazole rings is 1. The Morgan fingerprint density at radius 2 is 2.23 bits per heavy atom. The van der Waals surface area contributed by atoms with E-state index in [1.165, 1.54) is 6.42 Å². The minimum atomic E-state index is 0.0963. The number of methoxy groups -OCH3 is 1. The van der Waals surface area contributed by atoms with Gasteiger partial charge in [-0.05, 0) is 38.6 Å². The first-order valence-corrected chi connectivity index (χ1v) is 8.81. The minimum Gasteiger partial charge on any atom is -0.383 e. The van der Waals surface area contributed by atoms with Crippen molar-refractivity contribution in [3.8, 4) is 0 Å². The lowest BCUT2D eigenvalue weighted by Crippen LogP contribution is -2.44. The Bertz CT molecular complexity index is 537. The molecule has 6 heteroatoms. The van der Waals surface area contributed by atoms with Gasteiger partial charge in [0.2, 0.25) is 0 Å². The third kappa shape index (κ3) is 3.05. The maximum absolute atomic E-state index is 12.5. The lowest BCUT2D eigenvalue weighted by atomic mass is 9.76. The molecule has 1 amide bonds. The Morgan fingerprint density at radius 1 is 1.50 bits per heavy atom. The van der Waals surface area contributed by atoms with Crippen molar-refractivity contribution in [2.45, 2.75) is 32.2 Å². The van der Waals surface area contributed by atoms with Crippen LogP contribution in [0.5, 0.6) is 0 Å². The fraction of sp³-hybridized carbons (Fsp3) is 0.750. The van der Waals surface area contributed by atoms with Crippen LogP contribution >= 0.6 is 11.3 Å². The number of hydrogen-bond donors (Lipinski definition) is 0. The van der Waals surface area contributed by atoms with Gasteiger partial charge in [-0.15, -0.1) is 11.3 Å². The number of hydrogen-bond acceptors (Lipinski definition) is 5. The van der Waals surface area contributed by atoms with Gasteiger partial charge < -0.3 is 14.5 Å². The van der Waals surface area contributed by atoms with Crippen LogP contribution < -0.4 is 0 Å². The summed E-state index contributed by atoms with van der Waals surface area (Å²) in [7, 11) is 3.96. The molecule has 0 radical (unpaired) electrons. The van der Waals surface area contributed by atoms with E-state index in [9.17, 15) is 4.79 Å². The molecule has 1 aromatic rings. The Kier molecular flexibility index (Phi) is 4.52. The Labute approximate surface area is 136 Å². The van der Waals surface area contributed by atoms with Gasteiger partial charge in [0.05, 0.1) is 11.6 Å². The van der Waals surface area contributed by atoms with E-state index in [4.69, 9.17) is 4.74 Å². The van der Waals surface area contributed by atoms with Crippen LogP contribution in [0.15, 0.2) is 5.38 Å². The molecule has 1 atom stereocenters. The first kappa shape index (κ1) is 15.9. The quantitative estimate of drug-likeness (QED) is 0.854. The predicted molar refractivity (Wildman–Crippen MR) is 87.3 cm³/mol. The van der Waals surface area contributed by atoms with Gasteiger partial charge in [0.15, 0.2) is 0 Å². The molecule has 0 unspecified atom stereocenters. The highest BCUT2D eigenvalue weighted by atomic mass is 32.1. The number of likely N-dealkylation sites (tertiary alicyclic amines) is 2. The number of rotatable bonds is 3.